The molecule has 1 aromatic heterocycles. The Morgan fingerprint density at radius 2 is 2.33 bits per heavy atom. The predicted octanol–water partition coefficient (Wildman–Crippen LogP) is 3.58. The highest BCUT2D eigenvalue weighted by Gasteiger charge is 2.29. The fourth-order valence-electron chi connectivity index (χ4n) is 3.08. The fraction of sp³-hybridized carbons (Fsp3) is 0.412. The van der Waals surface area contributed by atoms with Crippen LogP contribution in [-0.4, -0.2) is 40.1 Å². The van der Waals surface area contributed by atoms with E-state index in [0.717, 1.165) is 41.8 Å². The van der Waals surface area contributed by atoms with Gasteiger partial charge in [0.05, 0.1) is 0 Å². The number of aryl methyl sites for hydroxylation is 1. The van der Waals surface area contributed by atoms with Crippen molar-refractivity contribution in [2.75, 3.05) is 19.6 Å². The van der Waals surface area contributed by atoms with Crippen molar-refractivity contribution in [2.45, 2.75) is 18.8 Å². The third-order valence-corrected chi connectivity index (χ3v) is 5.39. The van der Waals surface area contributed by atoms with Gasteiger partial charge in [0.15, 0.2) is 0 Å². The first kappa shape index (κ1) is 17.3. The molecule has 1 N–H and O–H groups in total. The highest BCUT2D eigenvalue weighted by atomic mass is 79.9. The number of nitrogens with one attached hydrogen (secondary N) is 1. The molecule has 2 amide bonds. The second-order valence-corrected chi connectivity index (χ2v) is 7.34. The molecule has 0 radical (unpaired) electrons. The molecule has 0 spiro atoms. The fourth-order valence-corrected chi connectivity index (χ4v) is 3.72. The van der Waals surface area contributed by atoms with Crippen LogP contribution in [0.25, 0.3) is 0 Å². The van der Waals surface area contributed by atoms with Crippen LogP contribution < -0.4 is 5.32 Å². The van der Waals surface area contributed by atoms with E-state index in [1.54, 1.807) is 6.20 Å². The number of aromatic nitrogens is 2. The molecule has 0 saturated carbocycles. The van der Waals surface area contributed by atoms with Crippen molar-refractivity contribution in [3.05, 3.63) is 51.5 Å². The zero-order valence-corrected chi connectivity index (χ0v) is 15.8. The Kier molecular flexibility index (Phi) is 5.46. The Labute approximate surface area is 155 Å². The number of hydrogen-bond donors (Lipinski definition) is 1. The van der Waals surface area contributed by atoms with Gasteiger partial charge >= 0.3 is 6.03 Å². The normalized spacial score (nSPS) is 17.3. The Hall–Kier alpha value is -1.53. The van der Waals surface area contributed by atoms with E-state index in [4.69, 9.17) is 11.6 Å². The van der Waals surface area contributed by atoms with Crippen LogP contribution in [0.5, 0.6) is 0 Å². The van der Waals surface area contributed by atoms with Crippen LogP contribution in [0.15, 0.2) is 35.1 Å². The van der Waals surface area contributed by atoms with Gasteiger partial charge < -0.3 is 14.8 Å². The van der Waals surface area contributed by atoms with Crippen LogP contribution in [0.2, 0.25) is 5.02 Å². The van der Waals surface area contributed by atoms with Crippen molar-refractivity contribution in [3.8, 4) is 0 Å². The number of hydrogen-bond acceptors (Lipinski definition) is 2. The van der Waals surface area contributed by atoms with Gasteiger partial charge in [0.2, 0.25) is 0 Å². The Bertz CT molecular complexity index is 733. The first-order valence-electron chi connectivity index (χ1n) is 7.98. The van der Waals surface area contributed by atoms with Crippen LogP contribution in [-0.2, 0) is 13.5 Å². The highest BCUT2D eigenvalue weighted by molar-refractivity contribution is 9.10. The Morgan fingerprint density at radius 1 is 1.50 bits per heavy atom. The van der Waals surface area contributed by atoms with Crippen molar-refractivity contribution in [1.82, 2.24) is 19.8 Å². The second kappa shape index (κ2) is 7.57. The maximum atomic E-state index is 12.3. The molecule has 1 saturated heterocycles. The number of likely N-dealkylation sites (tertiary alicyclic amines) is 1. The van der Waals surface area contributed by atoms with E-state index in [0.29, 0.717) is 17.5 Å². The lowest BCUT2D eigenvalue weighted by atomic mass is 10.1. The molecular formula is C17H20BrClN4O. The number of carbonyl (C=O) groups excluding carboxylic acids is 1. The van der Waals surface area contributed by atoms with Crippen molar-refractivity contribution in [1.29, 1.82) is 0 Å². The minimum Gasteiger partial charge on any atom is -0.338 e. The lowest BCUT2D eigenvalue weighted by Crippen LogP contribution is -2.39. The third-order valence-electron chi connectivity index (χ3n) is 4.38. The summed E-state index contributed by atoms with van der Waals surface area (Å²) in [5, 5.41) is 3.70. The molecule has 128 valence electrons. The van der Waals surface area contributed by atoms with E-state index < -0.39 is 0 Å². The molecule has 1 unspecified atom stereocenters. The van der Waals surface area contributed by atoms with Gasteiger partial charge in [-0.3, -0.25) is 0 Å². The minimum atomic E-state index is -0.00939. The number of benzene rings is 1. The smallest absolute Gasteiger partial charge is 0.317 e. The molecule has 0 aliphatic carbocycles. The largest absolute Gasteiger partial charge is 0.338 e. The van der Waals surface area contributed by atoms with E-state index in [1.807, 2.05) is 40.9 Å². The van der Waals surface area contributed by atoms with E-state index in [2.05, 4.69) is 26.2 Å². The van der Waals surface area contributed by atoms with Gasteiger partial charge in [0.25, 0.3) is 0 Å². The molecule has 24 heavy (non-hydrogen) atoms. The van der Waals surface area contributed by atoms with Crippen LogP contribution in [0.3, 0.4) is 0 Å². The molecule has 1 aliphatic heterocycles. The van der Waals surface area contributed by atoms with E-state index in [9.17, 15) is 4.79 Å². The molecular weight excluding hydrogens is 392 g/mol. The summed E-state index contributed by atoms with van der Waals surface area (Å²) in [6, 6.07) is 5.68. The lowest BCUT2D eigenvalue weighted by Gasteiger charge is -2.17. The number of imidazole rings is 1. The zero-order valence-electron chi connectivity index (χ0n) is 13.5. The molecule has 2 heterocycles. The Morgan fingerprint density at radius 3 is 3.08 bits per heavy atom. The molecule has 1 atom stereocenters. The summed E-state index contributed by atoms with van der Waals surface area (Å²) in [5.74, 6) is 1.37. The molecule has 1 aromatic carbocycles. The summed E-state index contributed by atoms with van der Waals surface area (Å²) < 4.78 is 3.04. The lowest BCUT2D eigenvalue weighted by molar-refractivity contribution is 0.208. The summed E-state index contributed by atoms with van der Waals surface area (Å²) >= 11 is 9.52. The van der Waals surface area contributed by atoms with E-state index >= 15 is 0 Å². The van der Waals surface area contributed by atoms with Crippen LogP contribution >= 0.6 is 27.5 Å². The third kappa shape index (κ3) is 3.92. The average molecular weight is 412 g/mol. The number of halogens is 2. The maximum Gasteiger partial charge on any atom is 0.317 e. The zero-order chi connectivity index (χ0) is 17.1. The Balaban J connectivity index is 1.49. The van der Waals surface area contributed by atoms with Crippen molar-refractivity contribution < 1.29 is 4.79 Å². The van der Waals surface area contributed by atoms with Gasteiger partial charge in [-0.2, -0.15) is 0 Å². The topological polar surface area (TPSA) is 50.2 Å². The second-order valence-electron chi connectivity index (χ2n) is 6.05. The van der Waals surface area contributed by atoms with Gasteiger partial charge in [-0.15, -0.1) is 0 Å². The molecule has 3 rings (SSSR count). The molecule has 0 bridgehead atoms. The number of rotatable bonds is 4. The summed E-state index contributed by atoms with van der Waals surface area (Å²) in [6.07, 6.45) is 5.45. The van der Waals surface area contributed by atoms with Gasteiger partial charge in [-0.25, -0.2) is 9.78 Å². The van der Waals surface area contributed by atoms with Gasteiger partial charge in [0.1, 0.15) is 5.82 Å². The minimum absolute atomic E-state index is 0.00939. The van der Waals surface area contributed by atoms with Crippen LogP contribution in [0.1, 0.15) is 23.7 Å². The van der Waals surface area contributed by atoms with Crippen molar-refractivity contribution in [2.24, 2.45) is 7.05 Å². The number of carbonyl (C=O) groups is 1. The van der Waals surface area contributed by atoms with Gasteiger partial charge in [0, 0.05) is 54.5 Å². The molecule has 2 aromatic rings. The summed E-state index contributed by atoms with van der Waals surface area (Å²) in [6.45, 7) is 2.07. The number of amides is 2. The SMILES string of the molecule is Cn1ccnc1C1CCN(C(=O)NCCc2cc(Cl)ccc2Br)C1. The quantitative estimate of drug-likeness (QED) is 0.836. The molecule has 1 aliphatic rings. The standard InChI is InChI=1S/C17H20BrClN4O/c1-22-9-7-20-16(22)13-5-8-23(11-13)17(24)21-6-4-12-10-14(19)2-3-15(12)18/h2-3,7,9-10,13H,4-6,8,11H2,1H3,(H,21,24). The first-order valence-corrected chi connectivity index (χ1v) is 9.15. The monoisotopic (exact) mass is 410 g/mol. The summed E-state index contributed by atoms with van der Waals surface area (Å²) in [7, 11) is 1.99. The van der Waals surface area contributed by atoms with Gasteiger partial charge in [-0.1, -0.05) is 27.5 Å². The summed E-state index contributed by atoms with van der Waals surface area (Å²) in [5.41, 5.74) is 1.09. The van der Waals surface area contributed by atoms with E-state index in [-0.39, 0.29) is 6.03 Å². The first-order chi connectivity index (χ1) is 11.5. The molecule has 1 fully saturated rings. The van der Waals surface area contributed by atoms with Crippen LogP contribution in [0, 0.1) is 0 Å². The molecule has 5 nitrogen and oxygen atoms in total. The van der Waals surface area contributed by atoms with Gasteiger partial charge in [-0.05, 0) is 36.6 Å². The number of nitrogens with zero attached hydrogens (tertiary/aromatic N) is 3. The van der Waals surface area contributed by atoms with E-state index in [1.165, 1.54) is 0 Å². The van der Waals surface area contributed by atoms with Crippen LogP contribution in [0.4, 0.5) is 4.79 Å². The highest BCUT2D eigenvalue weighted by Crippen LogP contribution is 2.25. The maximum absolute atomic E-state index is 12.3. The predicted molar refractivity (Wildman–Crippen MR) is 98.4 cm³/mol. The van der Waals surface area contributed by atoms with Crippen molar-refractivity contribution >= 4 is 33.6 Å². The van der Waals surface area contributed by atoms with Crippen molar-refractivity contribution in [3.63, 3.8) is 0 Å². The summed E-state index contributed by atoms with van der Waals surface area (Å²) in [4.78, 5) is 18.6. The average Bonchev–Trinajstić information content (AvgIpc) is 3.19. The number of urea groups is 1. The molecule has 7 heteroatoms.